The number of aromatic nitrogens is 3. The SMILES string of the molecule is [2H]C([2H])([2H])Oc1nccc(OC2CC2)c1-c1cn(COCC[Si](C)(C)C)c2nc(NC(=O)[C@@H]3C[C@H]3CN(C)C)ccc12. The Labute approximate surface area is 236 Å². The number of carbonyl (C=O) groups is 1. The minimum atomic E-state index is -2.69. The smallest absolute Gasteiger partial charge is 0.228 e. The fraction of sp³-hybridized carbons (Fsp3) is 0.552. The van der Waals surface area contributed by atoms with E-state index in [4.69, 9.17) is 23.3 Å². The standard InChI is InChI=1S/C29H41N5O4Si/c1-33(2)16-19-15-22(19)28(35)32-25-10-9-21-23(17-34(27(21)31-25)18-37-13-14-39(4,5)6)26-24(38-20-7-8-20)11-12-30-29(26)36-3/h9-12,17,19-20,22H,7-8,13-16,18H2,1-6H3,(H,31,32,35)/t19-,22+/m0/s1/i3D3. The van der Waals surface area contributed by atoms with E-state index < -0.39 is 15.1 Å². The van der Waals surface area contributed by atoms with Crippen molar-refractivity contribution in [1.82, 2.24) is 19.4 Å². The molecule has 2 aliphatic rings. The van der Waals surface area contributed by atoms with Crippen LogP contribution in [0.4, 0.5) is 5.82 Å². The minimum absolute atomic E-state index is 0.0192. The summed E-state index contributed by atoms with van der Waals surface area (Å²) in [5.74, 6) is 1.23. The molecule has 3 aromatic rings. The molecule has 0 radical (unpaired) electrons. The van der Waals surface area contributed by atoms with Gasteiger partial charge in [0.2, 0.25) is 11.8 Å². The molecule has 2 aliphatic carbocycles. The molecular weight excluding hydrogens is 510 g/mol. The van der Waals surface area contributed by atoms with Gasteiger partial charge in [0.15, 0.2) is 0 Å². The first-order valence-electron chi connectivity index (χ1n) is 15.2. The summed E-state index contributed by atoms with van der Waals surface area (Å²) in [5.41, 5.74) is 1.72. The van der Waals surface area contributed by atoms with Crippen LogP contribution in [-0.2, 0) is 16.3 Å². The highest BCUT2D eigenvalue weighted by Gasteiger charge is 2.43. The molecule has 0 spiro atoms. The molecule has 0 aromatic carbocycles. The van der Waals surface area contributed by atoms with Gasteiger partial charge in [-0.15, -0.1) is 0 Å². The van der Waals surface area contributed by atoms with E-state index in [9.17, 15) is 4.79 Å². The number of hydrogen-bond acceptors (Lipinski definition) is 7. The molecule has 9 nitrogen and oxygen atoms in total. The van der Waals surface area contributed by atoms with Crippen molar-refractivity contribution in [2.45, 2.75) is 57.8 Å². The number of carbonyl (C=O) groups excluding carboxylic acids is 1. The van der Waals surface area contributed by atoms with E-state index in [-0.39, 0.29) is 30.5 Å². The lowest BCUT2D eigenvalue weighted by atomic mass is 10.1. The third-order valence-corrected chi connectivity index (χ3v) is 8.83. The van der Waals surface area contributed by atoms with Gasteiger partial charge in [0.25, 0.3) is 0 Å². The van der Waals surface area contributed by atoms with Gasteiger partial charge in [-0.1, -0.05) is 19.6 Å². The van der Waals surface area contributed by atoms with Gasteiger partial charge in [0.1, 0.15) is 23.9 Å². The van der Waals surface area contributed by atoms with Crippen molar-refractivity contribution in [1.29, 1.82) is 0 Å². The maximum Gasteiger partial charge on any atom is 0.228 e. The van der Waals surface area contributed by atoms with Crippen molar-refractivity contribution in [3.05, 3.63) is 30.6 Å². The van der Waals surface area contributed by atoms with Crippen molar-refractivity contribution < 1.29 is 23.1 Å². The van der Waals surface area contributed by atoms with Crippen molar-refractivity contribution in [2.24, 2.45) is 11.8 Å². The summed E-state index contributed by atoms with van der Waals surface area (Å²) in [6.07, 6.45) is 6.18. The molecule has 0 bridgehead atoms. The predicted octanol–water partition coefficient (Wildman–Crippen LogP) is 5.10. The molecule has 1 N–H and O–H groups in total. The molecule has 0 unspecified atom stereocenters. The second-order valence-corrected chi connectivity index (χ2v) is 17.8. The van der Waals surface area contributed by atoms with Crippen molar-refractivity contribution in [3.63, 3.8) is 0 Å². The summed E-state index contributed by atoms with van der Waals surface area (Å²) in [7, 11) is 0.0435. The van der Waals surface area contributed by atoms with Gasteiger partial charge in [0, 0.05) is 50.5 Å². The number of amides is 1. The lowest BCUT2D eigenvalue weighted by molar-refractivity contribution is -0.117. The van der Waals surface area contributed by atoms with E-state index in [1.54, 1.807) is 12.1 Å². The monoisotopic (exact) mass is 554 g/mol. The summed E-state index contributed by atoms with van der Waals surface area (Å²) < 4.78 is 42.7. The number of hydrogen-bond donors (Lipinski definition) is 1. The van der Waals surface area contributed by atoms with Gasteiger partial charge >= 0.3 is 0 Å². The Kier molecular flexibility index (Phi) is 6.90. The first-order chi connectivity index (χ1) is 19.8. The van der Waals surface area contributed by atoms with E-state index >= 15 is 0 Å². The molecular formula is C29H41N5O4Si. The summed E-state index contributed by atoms with van der Waals surface area (Å²) in [4.78, 5) is 24.2. The van der Waals surface area contributed by atoms with Crippen molar-refractivity contribution in [2.75, 3.05) is 39.6 Å². The van der Waals surface area contributed by atoms with Crippen LogP contribution in [0.1, 0.15) is 23.4 Å². The van der Waals surface area contributed by atoms with Gasteiger partial charge < -0.3 is 29.0 Å². The summed E-state index contributed by atoms with van der Waals surface area (Å²) in [6, 6.07) is 6.39. The van der Waals surface area contributed by atoms with E-state index in [0.717, 1.165) is 37.2 Å². The highest BCUT2D eigenvalue weighted by Crippen LogP contribution is 2.43. The van der Waals surface area contributed by atoms with Gasteiger partial charge in [-0.3, -0.25) is 4.79 Å². The van der Waals surface area contributed by atoms with Crippen molar-refractivity contribution >= 4 is 30.8 Å². The Hall–Kier alpha value is -2.95. The first kappa shape index (κ1) is 23.9. The second kappa shape index (κ2) is 11.3. The van der Waals surface area contributed by atoms with Crippen LogP contribution in [0, 0.1) is 11.8 Å². The van der Waals surface area contributed by atoms with Crippen LogP contribution in [0.5, 0.6) is 11.6 Å². The van der Waals surface area contributed by atoms with Gasteiger partial charge in [-0.2, -0.15) is 0 Å². The third kappa shape index (κ3) is 6.80. The molecule has 2 fully saturated rings. The maximum absolute atomic E-state index is 13.0. The number of nitrogens with zero attached hydrogens (tertiary/aromatic N) is 4. The number of ether oxygens (including phenoxy) is 3. The molecule has 3 heterocycles. The molecule has 5 rings (SSSR count). The van der Waals surface area contributed by atoms with Crippen molar-refractivity contribution in [3.8, 4) is 22.8 Å². The second-order valence-electron chi connectivity index (χ2n) is 12.2. The zero-order valence-electron chi connectivity index (χ0n) is 26.5. The number of anilines is 1. The Morgan fingerprint density at radius 2 is 2.08 bits per heavy atom. The Balaban J connectivity index is 1.51. The largest absolute Gasteiger partial charge is 0.490 e. The summed E-state index contributed by atoms with van der Waals surface area (Å²) >= 11 is 0. The fourth-order valence-electron chi connectivity index (χ4n) is 4.75. The maximum atomic E-state index is 13.0. The van der Waals surface area contributed by atoms with Gasteiger partial charge in [0.05, 0.1) is 22.8 Å². The van der Waals surface area contributed by atoms with Crippen LogP contribution in [0.2, 0.25) is 25.7 Å². The summed E-state index contributed by atoms with van der Waals surface area (Å²) in [5, 5.41) is 3.74. The normalized spacial score (nSPS) is 20.4. The highest BCUT2D eigenvalue weighted by atomic mass is 28.3. The molecule has 2 saturated carbocycles. The molecule has 2 atom stereocenters. The zero-order chi connectivity index (χ0) is 30.2. The molecule has 1 amide bonds. The van der Waals surface area contributed by atoms with Crippen LogP contribution in [-0.4, -0.2) is 73.8 Å². The topological polar surface area (TPSA) is 90.7 Å². The Morgan fingerprint density at radius 3 is 2.79 bits per heavy atom. The van der Waals surface area contributed by atoms with Crippen LogP contribution in [0.15, 0.2) is 30.6 Å². The minimum Gasteiger partial charge on any atom is -0.490 e. The molecule has 0 saturated heterocycles. The quantitative estimate of drug-likeness (QED) is 0.232. The van der Waals surface area contributed by atoms with E-state index in [1.807, 2.05) is 30.9 Å². The number of fused-ring (bicyclic) bond motifs is 1. The van der Waals surface area contributed by atoms with E-state index in [0.29, 0.717) is 40.9 Å². The number of rotatable bonds is 13. The fourth-order valence-corrected chi connectivity index (χ4v) is 5.50. The first-order valence-corrected chi connectivity index (χ1v) is 17.4. The summed E-state index contributed by atoms with van der Waals surface area (Å²) in [6.45, 7) is 8.64. The number of nitrogens with one attached hydrogen (secondary N) is 1. The van der Waals surface area contributed by atoms with E-state index in [1.165, 1.54) is 6.20 Å². The molecule has 210 valence electrons. The lowest BCUT2D eigenvalue weighted by Gasteiger charge is -2.15. The van der Waals surface area contributed by atoms with Crippen LogP contribution < -0.4 is 14.8 Å². The molecule has 0 aliphatic heterocycles. The molecule has 10 heteroatoms. The third-order valence-electron chi connectivity index (χ3n) is 7.12. The molecule has 39 heavy (non-hydrogen) atoms. The zero-order valence-corrected chi connectivity index (χ0v) is 24.5. The molecule has 3 aromatic heterocycles. The predicted molar refractivity (Wildman–Crippen MR) is 156 cm³/mol. The Morgan fingerprint density at radius 1 is 1.26 bits per heavy atom. The lowest BCUT2D eigenvalue weighted by Crippen LogP contribution is -2.22. The highest BCUT2D eigenvalue weighted by molar-refractivity contribution is 6.76. The number of methoxy groups -OCH3 is 1. The van der Waals surface area contributed by atoms with Gasteiger partial charge in [-0.05, 0) is 63.5 Å². The van der Waals surface area contributed by atoms with Gasteiger partial charge in [-0.25, -0.2) is 9.97 Å². The number of pyridine rings is 2. The van der Waals surface area contributed by atoms with Crippen LogP contribution in [0.25, 0.3) is 22.2 Å². The Bertz CT molecular complexity index is 1440. The van der Waals surface area contributed by atoms with Crippen LogP contribution in [0.3, 0.4) is 0 Å². The van der Waals surface area contributed by atoms with Crippen LogP contribution >= 0.6 is 0 Å². The van der Waals surface area contributed by atoms with E-state index in [2.05, 4.69) is 34.8 Å². The average Bonchev–Trinajstić information content (AvgIpc) is 3.80. The average molecular weight is 555 g/mol.